The Labute approximate surface area is 143 Å². The Bertz CT molecular complexity index is 688. The molecule has 0 aromatic heterocycles. The van der Waals surface area contributed by atoms with E-state index in [9.17, 15) is 24.9 Å². The van der Waals surface area contributed by atoms with Crippen molar-refractivity contribution in [3.63, 3.8) is 0 Å². The third-order valence-electron chi connectivity index (χ3n) is 3.49. The van der Waals surface area contributed by atoms with Crippen molar-refractivity contribution in [2.75, 3.05) is 11.9 Å². The lowest BCUT2D eigenvalue weighted by atomic mass is 9.88. The van der Waals surface area contributed by atoms with Crippen LogP contribution in [-0.2, 0) is 9.63 Å². The lowest BCUT2D eigenvalue weighted by Crippen LogP contribution is -2.55. The molecule has 5 N–H and O–H groups in total. The summed E-state index contributed by atoms with van der Waals surface area (Å²) in [6.07, 6.45) is -2.44. The zero-order valence-electron chi connectivity index (χ0n) is 13.4. The largest absolute Gasteiger partial charge is 0.437 e. The molecule has 0 bridgehead atoms. The van der Waals surface area contributed by atoms with E-state index in [0.717, 1.165) is 0 Å². The number of nitrogens with zero attached hydrogens (tertiary/aromatic N) is 1. The monoisotopic (exact) mass is 349 g/mol. The second-order valence-electron chi connectivity index (χ2n) is 5.38. The van der Waals surface area contributed by atoms with Crippen molar-refractivity contribution in [3.05, 3.63) is 42.0 Å². The molecule has 9 nitrogen and oxygen atoms in total. The van der Waals surface area contributed by atoms with Gasteiger partial charge in [0, 0.05) is 12.6 Å². The Kier molecular flexibility index (Phi) is 6.23. The van der Waals surface area contributed by atoms with Crippen LogP contribution < -0.4 is 10.6 Å². The maximum Gasteiger partial charge on any atom is 0.437 e. The van der Waals surface area contributed by atoms with E-state index >= 15 is 0 Å². The van der Waals surface area contributed by atoms with E-state index in [2.05, 4.69) is 15.8 Å². The summed E-state index contributed by atoms with van der Waals surface area (Å²) in [6.45, 7) is 0.700. The molecule has 0 radical (unpaired) electrons. The highest BCUT2D eigenvalue weighted by molar-refractivity contribution is 6.03. The number of aliphatic hydroxyl groups excluding tert-OH is 3. The Morgan fingerprint density at radius 3 is 2.52 bits per heavy atom. The average Bonchev–Trinajstić information content (AvgIpc) is 2.59. The molecule has 134 valence electrons. The number of anilines is 1. The van der Waals surface area contributed by atoms with E-state index in [1.807, 2.05) is 0 Å². The van der Waals surface area contributed by atoms with Crippen LogP contribution in [0.1, 0.15) is 6.92 Å². The molecular formula is C16H19N3O6. The molecule has 0 saturated heterocycles. The van der Waals surface area contributed by atoms with Gasteiger partial charge in [-0.25, -0.2) is 4.79 Å². The van der Waals surface area contributed by atoms with E-state index in [1.165, 1.54) is 13.0 Å². The smallest absolute Gasteiger partial charge is 0.392 e. The normalized spacial score (nSPS) is 24.4. The Balaban J connectivity index is 2.16. The molecule has 3 atom stereocenters. The van der Waals surface area contributed by atoms with Crippen molar-refractivity contribution in [1.29, 1.82) is 0 Å². The first-order valence-electron chi connectivity index (χ1n) is 7.48. The number of aliphatic hydroxyl groups is 3. The second kappa shape index (κ2) is 8.38. The van der Waals surface area contributed by atoms with Gasteiger partial charge in [-0.05, 0) is 23.8 Å². The molecule has 0 spiro atoms. The van der Waals surface area contributed by atoms with Gasteiger partial charge in [-0.3, -0.25) is 14.9 Å². The third kappa shape index (κ3) is 4.86. The standard InChI is InChI=1S/C16H19N3O6/c1-9(21)17-13-12(7-10(8-20)14(22)15(13)23)19-25-16(24)18-11-5-3-2-4-6-11/h2-7,13-15,20,22-23H,8H2,1H3,(H,17,21)(H,18,24)/b19-12+/t13-,14+,15+/m0/s1. The van der Waals surface area contributed by atoms with Crippen molar-refractivity contribution < 1.29 is 29.7 Å². The average molecular weight is 349 g/mol. The first-order valence-corrected chi connectivity index (χ1v) is 7.48. The minimum Gasteiger partial charge on any atom is -0.392 e. The van der Waals surface area contributed by atoms with Crippen LogP contribution in [0.4, 0.5) is 10.5 Å². The molecule has 1 aliphatic carbocycles. The van der Waals surface area contributed by atoms with Crippen molar-refractivity contribution in [2.45, 2.75) is 25.2 Å². The number of carbonyl (C=O) groups is 2. The molecule has 2 rings (SSSR count). The summed E-state index contributed by atoms with van der Waals surface area (Å²) in [5, 5.41) is 37.7. The van der Waals surface area contributed by atoms with Gasteiger partial charge < -0.3 is 20.6 Å². The van der Waals surface area contributed by atoms with Gasteiger partial charge in [0.15, 0.2) is 0 Å². The van der Waals surface area contributed by atoms with Gasteiger partial charge >= 0.3 is 6.09 Å². The van der Waals surface area contributed by atoms with Crippen LogP contribution in [0.2, 0.25) is 0 Å². The molecule has 0 aliphatic heterocycles. The van der Waals surface area contributed by atoms with Gasteiger partial charge in [-0.15, -0.1) is 0 Å². The highest BCUT2D eigenvalue weighted by Gasteiger charge is 2.37. The van der Waals surface area contributed by atoms with E-state index in [-0.39, 0.29) is 11.3 Å². The van der Waals surface area contributed by atoms with Gasteiger partial charge in [0.25, 0.3) is 0 Å². The summed E-state index contributed by atoms with van der Waals surface area (Å²) in [7, 11) is 0. The first-order chi connectivity index (χ1) is 11.9. The number of nitrogens with one attached hydrogen (secondary N) is 2. The first kappa shape index (κ1) is 18.6. The lowest BCUT2D eigenvalue weighted by molar-refractivity contribution is -0.120. The number of hydrogen-bond donors (Lipinski definition) is 5. The molecule has 1 aromatic carbocycles. The minimum absolute atomic E-state index is 0.0136. The molecule has 0 unspecified atom stereocenters. The predicted molar refractivity (Wildman–Crippen MR) is 88.8 cm³/mol. The minimum atomic E-state index is -1.45. The maximum absolute atomic E-state index is 11.8. The zero-order chi connectivity index (χ0) is 18.4. The highest BCUT2D eigenvalue weighted by Crippen LogP contribution is 2.19. The number of oxime groups is 1. The predicted octanol–water partition coefficient (Wildman–Crippen LogP) is -0.250. The van der Waals surface area contributed by atoms with E-state index in [1.54, 1.807) is 30.3 Å². The quantitative estimate of drug-likeness (QED) is 0.375. The van der Waals surface area contributed by atoms with Gasteiger partial charge in [-0.1, -0.05) is 23.4 Å². The number of hydrogen-bond acceptors (Lipinski definition) is 7. The Hall–Kier alpha value is -2.75. The molecular weight excluding hydrogens is 330 g/mol. The van der Waals surface area contributed by atoms with Crippen LogP contribution in [0.25, 0.3) is 0 Å². The summed E-state index contributed by atoms with van der Waals surface area (Å²) in [5.74, 6) is -0.474. The number of benzene rings is 1. The summed E-state index contributed by atoms with van der Waals surface area (Å²) in [5.41, 5.74) is 0.567. The van der Waals surface area contributed by atoms with E-state index in [0.29, 0.717) is 5.69 Å². The SMILES string of the molecule is CC(=O)N[C@H]1/C(=N/OC(=O)Nc2ccccc2)C=C(CO)[C@@H](O)[C@@H]1O. The summed E-state index contributed by atoms with van der Waals surface area (Å²) < 4.78 is 0. The zero-order valence-corrected chi connectivity index (χ0v) is 13.4. The maximum atomic E-state index is 11.8. The molecule has 0 saturated carbocycles. The fourth-order valence-electron chi connectivity index (χ4n) is 2.30. The summed E-state index contributed by atoms with van der Waals surface area (Å²) >= 11 is 0. The molecule has 25 heavy (non-hydrogen) atoms. The van der Waals surface area contributed by atoms with Crippen molar-refractivity contribution in [3.8, 4) is 0 Å². The number of carbonyl (C=O) groups excluding carboxylic acids is 2. The lowest BCUT2D eigenvalue weighted by Gasteiger charge is -2.32. The van der Waals surface area contributed by atoms with Gasteiger partial charge in [0.2, 0.25) is 5.91 Å². The van der Waals surface area contributed by atoms with E-state index < -0.39 is 36.9 Å². The molecule has 1 aliphatic rings. The van der Waals surface area contributed by atoms with Crippen LogP contribution in [0.5, 0.6) is 0 Å². The van der Waals surface area contributed by atoms with E-state index in [4.69, 9.17) is 4.84 Å². The summed E-state index contributed by atoms with van der Waals surface area (Å²) in [4.78, 5) is 27.8. The molecule has 9 heteroatoms. The Morgan fingerprint density at radius 1 is 1.24 bits per heavy atom. The summed E-state index contributed by atoms with van der Waals surface area (Å²) in [6, 6.07) is 7.45. The van der Waals surface area contributed by atoms with Crippen molar-refractivity contribution in [1.82, 2.24) is 5.32 Å². The van der Waals surface area contributed by atoms with Gasteiger partial charge in [0.1, 0.15) is 24.0 Å². The fraction of sp³-hybridized carbons (Fsp3) is 0.312. The topological polar surface area (TPSA) is 140 Å². The molecule has 0 fully saturated rings. The van der Waals surface area contributed by atoms with Crippen LogP contribution in [0.15, 0.2) is 47.1 Å². The number of amides is 2. The van der Waals surface area contributed by atoms with Crippen LogP contribution >= 0.6 is 0 Å². The van der Waals surface area contributed by atoms with Crippen LogP contribution in [-0.4, -0.2) is 57.9 Å². The van der Waals surface area contributed by atoms with Crippen molar-refractivity contribution in [2.24, 2.45) is 5.16 Å². The van der Waals surface area contributed by atoms with Gasteiger partial charge in [-0.2, -0.15) is 0 Å². The highest BCUT2D eigenvalue weighted by atomic mass is 16.7. The van der Waals surface area contributed by atoms with Crippen molar-refractivity contribution >= 4 is 23.4 Å². The molecule has 2 amide bonds. The number of rotatable bonds is 4. The third-order valence-corrected chi connectivity index (χ3v) is 3.49. The van der Waals surface area contributed by atoms with Crippen LogP contribution in [0, 0.1) is 0 Å². The van der Waals surface area contributed by atoms with Gasteiger partial charge in [0.05, 0.1) is 6.61 Å². The fourth-order valence-corrected chi connectivity index (χ4v) is 2.30. The second-order valence-corrected chi connectivity index (χ2v) is 5.38. The molecule has 0 heterocycles. The Morgan fingerprint density at radius 2 is 1.92 bits per heavy atom. The number of para-hydroxylation sites is 1. The van der Waals surface area contributed by atoms with Crippen LogP contribution in [0.3, 0.4) is 0 Å². The molecule has 1 aromatic rings.